The van der Waals surface area contributed by atoms with Crippen molar-refractivity contribution in [2.75, 3.05) is 0 Å². The van der Waals surface area contributed by atoms with E-state index >= 15 is 0 Å². The van der Waals surface area contributed by atoms with Crippen molar-refractivity contribution in [1.82, 2.24) is 0 Å². The third kappa shape index (κ3) is 4.59. The molecule has 0 atom stereocenters. The van der Waals surface area contributed by atoms with Gasteiger partial charge < -0.3 is 0 Å². The van der Waals surface area contributed by atoms with Gasteiger partial charge in [0, 0.05) is 17.8 Å². The van der Waals surface area contributed by atoms with E-state index in [1.807, 2.05) is 6.07 Å². The number of aliphatic imine (C=N–C) groups is 1. The number of benzene rings is 1. The Balaban J connectivity index is 2.55. The predicted molar refractivity (Wildman–Crippen MR) is 67.3 cm³/mol. The van der Waals surface area contributed by atoms with Crippen LogP contribution in [0.15, 0.2) is 47.6 Å². The van der Waals surface area contributed by atoms with Gasteiger partial charge in [0.25, 0.3) is 0 Å². The van der Waals surface area contributed by atoms with Crippen molar-refractivity contribution in [2.45, 2.75) is 33.1 Å². The molecule has 0 amide bonds. The lowest BCUT2D eigenvalue weighted by Crippen LogP contribution is -1.97. The highest BCUT2D eigenvalue weighted by atomic mass is 14.7. The molecule has 80 valence electrons. The van der Waals surface area contributed by atoms with Crippen molar-refractivity contribution < 1.29 is 0 Å². The Morgan fingerprint density at radius 3 is 2.53 bits per heavy atom. The van der Waals surface area contributed by atoms with Gasteiger partial charge in [-0.1, -0.05) is 50.3 Å². The Morgan fingerprint density at radius 2 is 1.93 bits per heavy atom. The molecule has 1 aromatic carbocycles. The van der Waals surface area contributed by atoms with E-state index in [2.05, 4.69) is 49.7 Å². The van der Waals surface area contributed by atoms with Crippen LogP contribution in [0.5, 0.6) is 0 Å². The van der Waals surface area contributed by atoms with Crippen LogP contribution in [-0.4, -0.2) is 5.71 Å². The van der Waals surface area contributed by atoms with E-state index in [4.69, 9.17) is 0 Å². The van der Waals surface area contributed by atoms with Gasteiger partial charge in [0.05, 0.1) is 0 Å². The third-order valence-corrected chi connectivity index (χ3v) is 2.19. The summed E-state index contributed by atoms with van der Waals surface area (Å²) in [6, 6.07) is 10.4. The SMILES string of the molecule is C=C(CCC)N=C(C)Cc1ccccc1. The van der Waals surface area contributed by atoms with Crippen molar-refractivity contribution in [3.8, 4) is 0 Å². The zero-order valence-corrected chi connectivity index (χ0v) is 9.66. The van der Waals surface area contributed by atoms with E-state index in [1.165, 1.54) is 5.56 Å². The van der Waals surface area contributed by atoms with E-state index in [9.17, 15) is 0 Å². The maximum absolute atomic E-state index is 4.48. The van der Waals surface area contributed by atoms with Gasteiger partial charge in [0.15, 0.2) is 0 Å². The fourth-order valence-corrected chi connectivity index (χ4v) is 1.55. The fraction of sp³-hybridized carbons (Fsp3) is 0.357. The smallest absolute Gasteiger partial charge is 0.0331 e. The molecule has 1 nitrogen and oxygen atoms in total. The van der Waals surface area contributed by atoms with Gasteiger partial charge in [-0.3, -0.25) is 4.99 Å². The van der Waals surface area contributed by atoms with Crippen molar-refractivity contribution in [2.24, 2.45) is 4.99 Å². The quantitative estimate of drug-likeness (QED) is 0.638. The first-order valence-electron chi connectivity index (χ1n) is 5.48. The average Bonchev–Trinajstić information content (AvgIpc) is 2.19. The van der Waals surface area contributed by atoms with Gasteiger partial charge in [-0.25, -0.2) is 0 Å². The molecule has 0 aliphatic carbocycles. The minimum Gasteiger partial charge on any atom is -0.263 e. The van der Waals surface area contributed by atoms with Crippen molar-refractivity contribution >= 4 is 5.71 Å². The molecule has 15 heavy (non-hydrogen) atoms. The summed E-state index contributed by atoms with van der Waals surface area (Å²) in [5, 5.41) is 0. The van der Waals surface area contributed by atoms with Crippen molar-refractivity contribution in [1.29, 1.82) is 0 Å². The lowest BCUT2D eigenvalue weighted by molar-refractivity contribution is 0.895. The van der Waals surface area contributed by atoms with E-state index in [1.54, 1.807) is 0 Å². The van der Waals surface area contributed by atoms with Crippen molar-refractivity contribution in [3.05, 3.63) is 48.2 Å². The molecule has 0 bridgehead atoms. The molecular weight excluding hydrogens is 182 g/mol. The molecule has 0 radical (unpaired) electrons. The highest BCUT2D eigenvalue weighted by Gasteiger charge is 1.96. The highest BCUT2D eigenvalue weighted by molar-refractivity contribution is 5.85. The van der Waals surface area contributed by atoms with Gasteiger partial charge in [0.2, 0.25) is 0 Å². The zero-order valence-electron chi connectivity index (χ0n) is 9.66. The van der Waals surface area contributed by atoms with Crippen LogP contribution in [0, 0.1) is 0 Å². The van der Waals surface area contributed by atoms with E-state index in [0.29, 0.717) is 0 Å². The van der Waals surface area contributed by atoms with Crippen LogP contribution < -0.4 is 0 Å². The van der Waals surface area contributed by atoms with Gasteiger partial charge in [0.1, 0.15) is 0 Å². The zero-order chi connectivity index (χ0) is 11.1. The predicted octanol–water partition coefficient (Wildman–Crippen LogP) is 4.00. The van der Waals surface area contributed by atoms with Gasteiger partial charge >= 0.3 is 0 Å². The second kappa shape index (κ2) is 6.18. The molecule has 0 unspecified atom stereocenters. The summed E-state index contributed by atoms with van der Waals surface area (Å²) in [5.74, 6) is 0. The lowest BCUT2D eigenvalue weighted by Gasteiger charge is -2.02. The van der Waals surface area contributed by atoms with Crippen LogP contribution in [-0.2, 0) is 6.42 Å². The first-order chi connectivity index (χ1) is 7.22. The lowest BCUT2D eigenvalue weighted by atomic mass is 10.1. The molecule has 0 heterocycles. The molecule has 0 N–H and O–H groups in total. The molecule has 1 aromatic rings. The molecule has 0 spiro atoms. The van der Waals surface area contributed by atoms with E-state index in [0.717, 1.165) is 30.7 Å². The molecule has 1 heteroatoms. The standard InChI is InChI=1S/C14H19N/c1-4-8-12(2)15-13(3)11-14-9-6-5-7-10-14/h5-7,9-10H,2,4,8,11H2,1,3H3. The Kier molecular flexibility index (Phi) is 4.82. The highest BCUT2D eigenvalue weighted by Crippen LogP contribution is 2.06. The van der Waals surface area contributed by atoms with Crippen LogP contribution in [0.1, 0.15) is 32.3 Å². The summed E-state index contributed by atoms with van der Waals surface area (Å²) in [5.41, 5.74) is 3.44. The number of hydrogen-bond acceptors (Lipinski definition) is 1. The largest absolute Gasteiger partial charge is 0.263 e. The number of rotatable bonds is 5. The summed E-state index contributed by atoms with van der Waals surface area (Å²) < 4.78 is 0. The molecule has 0 aromatic heterocycles. The van der Waals surface area contributed by atoms with Gasteiger partial charge in [-0.2, -0.15) is 0 Å². The fourth-order valence-electron chi connectivity index (χ4n) is 1.55. The second-order valence-electron chi connectivity index (χ2n) is 3.83. The Hall–Kier alpha value is -1.37. The van der Waals surface area contributed by atoms with E-state index in [-0.39, 0.29) is 0 Å². The molecule has 0 saturated heterocycles. The molecule has 0 aliphatic heterocycles. The minimum atomic E-state index is 0.920. The van der Waals surface area contributed by atoms with Gasteiger partial charge in [-0.15, -0.1) is 0 Å². The molecule has 1 rings (SSSR count). The van der Waals surface area contributed by atoms with Crippen LogP contribution in [0.4, 0.5) is 0 Å². The normalized spacial score (nSPS) is 11.5. The van der Waals surface area contributed by atoms with Crippen LogP contribution in [0.2, 0.25) is 0 Å². The Bertz CT molecular complexity index is 336. The summed E-state index contributed by atoms with van der Waals surface area (Å²) in [4.78, 5) is 4.48. The maximum atomic E-state index is 4.48. The number of allylic oxidation sites excluding steroid dienone is 1. The summed E-state index contributed by atoms with van der Waals surface area (Å²) in [7, 11) is 0. The van der Waals surface area contributed by atoms with Crippen LogP contribution in [0.25, 0.3) is 0 Å². The summed E-state index contributed by atoms with van der Waals surface area (Å²) in [6.07, 6.45) is 3.02. The summed E-state index contributed by atoms with van der Waals surface area (Å²) >= 11 is 0. The molecule has 0 saturated carbocycles. The third-order valence-electron chi connectivity index (χ3n) is 2.19. The van der Waals surface area contributed by atoms with Crippen LogP contribution in [0.3, 0.4) is 0 Å². The monoisotopic (exact) mass is 201 g/mol. The minimum absolute atomic E-state index is 0.920. The first kappa shape index (κ1) is 11.7. The second-order valence-corrected chi connectivity index (χ2v) is 3.83. The maximum Gasteiger partial charge on any atom is 0.0331 e. The summed E-state index contributed by atoms with van der Waals surface area (Å²) in [6.45, 7) is 8.15. The van der Waals surface area contributed by atoms with Crippen molar-refractivity contribution in [3.63, 3.8) is 0 Å². The molecule has 0 aliphatic rings. The molecular formula is C14H19N. The number of hydrogen-bond donors (Lipinski definition) is 0. The molecule has 0 fully saturated rings. The van der Waals surface area contributed by atoms with Gasteiger partial charge in [-0.05, 0) is 18.9 Å². The Morgan fingerprint density at radius 1 is 1.27 bits per heavy atom. The first-order valence-corrected chi connectivity index (χ1v) is 5.48. The Labute approximate surface area is 92.6 Å². The van der Waals surface area contributed by atoms with Crippen LogP contribution >= 0.6 is 0 Å². The average molecular weight is 201 g/mol. The van der Waals surface area contributed by atoms with E-state index < -0.39 is 0 Å². The topological polar surface area (TPSA) is 12.4 Å². The number of nitrogens with zero attached hydrogens (tertiary/aromatic N) is 1.